The van der Waals surface area contributed by atoms with E-state index in [1.54, 1.807) is 23.5 Å². The van der Waals surface area contributed by atoms with E-state index in [1.807, 2.05) is 6.92 Å². The first-order chi connectivity index (χ1) is 9.65. The Labute approximate surface area is 121 Å². The highest BCUT2D eigenvalue weighted by Crippen LogP contribution is 2.33. The predicted molar refractivity (Wildman–Crippen MR) is 78.6 cm³/mol. The predicted octanol–water partition coefficient (Wildman–Crippen LogP) is 4.00. The third kappa shape index (κ3) is 2.48. The van der Waals surface area contributed by atoms with Crippen LogP contribution in [0.3, 0.4) is 0 Å². The first-order valence-corrected chi connectivity index (χ1v) is 7.66. The lowest BCUT2D eigenvalue weighted by molar-refractivity contribution is 0.0929. The quantitative estimate of drug-likeness (QED) is 0.889. The molecule has 1 aliphatic rings. The Balaban J connectivity index is 1.81. The lowest BCUT2D eigenvalue weighted by Crippen LogP contribution is -2.31. The van der Waals surface area contributed by atoms with Gasteiger partial charge >= 0.3 is 0 Å². The fourth-order valence-corrected chi connectivity index (χ4v) is 3.66. The summed E-state index contributed by atoms with van der Waals surface area (Å²) in [5.74, 6) is -0.782. The van der Waals surface area contributed by atoms with Gasteiger partial charge in [-0.05, 0) is 60.9 Å². The number of hydrogen-bond acceptors (Lipinski definition) is 2. The van der Waals surface area contributed by atoms with Crippen molar-refractivity contribution in [3.63, 3.8) is 0 Å². The Hall–Kier alpha value is -1.68. The highest BCUT2D eigenvalue weighted by molar-refractivity contribution is 7.10. The van der Waals surface area contributed by atoms with Crippen molar-refractivity contribution < 1.29 is 9.18 Å². The second-order valence-electron chi connectivity index (χ2n) is 5.20. The largest absolute Gasteiger partial charge is 0.345 e. The number of thiophene rings is 1. The second-order valence-corrected chi connectivity index (χ2v) is 6.20. The van der Waals surface area contributed by atoms with Gasteiger partial charge in [-0.1, -0.05) is 6.07 Å². The molecule has 4 heteroatoms. The average Bonchev–Trinajstić information content (AvgIpc) is 2.87. The molecule has 0 radical (unpaired) electrons. The number of aryl methyl sites for hydroxylation is 2. The minimum atomic E-state index is -0.455. The summed E-state index contributed by atoms with van der Waals surface area (Å²) in [5.41, 5.74) is 2.14. The van der Waals surface area contributed by atoms with E-state index in [0.29, 0.717) is 0 Å². The van der Waals surface area contributed by atoms with Crippen molar-refractivity contribution in [3.05, 3.63) is 57.0 Å². The van der Waals surface area contributed by atoms with Crippen LogP contribution in [0.15, 0.2) is 29.6 Å². The van der Waals surface area contributed by atoms with Gasteiger partial charge < -0.3 is 5.32 Å². The van der Waals surface area contributed by atoms with Crippen molar-refractivity contribution in [1.82, 2.24) is 5.32 Å². The average molecular weight is 289 g/mol. The summed E-state index contributed by atoms with van der Waals surface area (Å²) in [6.45, 7) is 1.81. The first kappa shape index (κ1) is 13.3. The van der Waals surface area contributed by atoms with E-state index >= 15 is 0 Å². The van der Waals surface area contributed by atoms with Crippen molar-refractivity contribution in [3.8, 4) is 0 Å². The number of hydrogen-bond donors (Lipinski definition) is 1. The van der Waals surface area contributed by atoms with Gasteiger partial charge in [0.15, 0.2) is 0 Å². The van der Waals surface area contributed by atoms with E-state index < -0.39 is 5.82 Å². The molecule has 1 aromatic heterocycles. The minimum absolute atomic E-state index is 0.0122. The molecule has 0 spiro atoms. The molecule has 2 aromatic rings. The van der Waals surface area contributed by atoms with Gasteiger partial charge in [0.1, 0.15) is 5.82 Å². The monoisotopic (exact) mass is 289 g/mol. The molecule has 0 aliphatic heterocycles. The summed E-state index contributed by atoms with van der Waals surface area (Å²) in [6, 6.07) is 6.78. The van der Waals surface area contributed by atoms with Crippen LogP contribution in [0, 0.1) is 12.7 Å². The van der Waals surface area contributed by atoms with Crippen molar-refractivity contribution in [2.45, 2.75) is 32.2 Å². The van der Waals surface area contributed by atoms with Crippen LogP contribution in [-0.4, -0.2) is 5.91 Å². The topological polar surface area (TPSA) is 29.1 Å². The van der Waals surface area contributed by atoms with Crippen LogP contribution in [0.1, 0.15) is 45.2 Å². The van der Waals surface area contributed by atoms with Crippen molar-refractivity contribution in [2.75, 3.05) is 0 Å². The van der Waals surface area contributed by atoms with Crippen LogP contribution >= 0.6 is 11.3 Å². The third-order valence-corrected chi connectivity index (χ3v) is 4.72. The van der Waals surface area contributed by atoms with E-state index in [0.717, 1.165) is 24.8 Å². The van der Waals surface area contributed by atoms with Crippen LogP contribution in [0.4, 0.5) is 4.39 Å². The zero-order valence-electron chi connectivity index (χ0n) is 11.3. The number of halogens is 1. The van der Waals surface area contributed by atoms with Gasteiger partial charge in [-0.25, -0.2) is 4.39 Å². The van der Waals surface area contributed by atoms with E-state index in [4.69, 9.17) is 0 Å². The molecule has 20 heavy (non-hydrogen) atoms. The standard InChI is InChI=1S/C16H16FNOS/c1-10-5-6-11(13(17)9-10)16(19)18-14-3-2-4-15-12(14)7-8-20-15/h5-9,14H,2-4H2,1H3,(H,18,19). The molecular formula is C16H16FNOS. The summed E-state index contributed by atoms with van der Waals surface area (Å²) in [7, 11) is 0. The molecule has 1 heterocycles. The number of fused-ring (bicyclic) bond motifs is 1. The fourth-order valence-electron chi connectivity index (χ4n) is 2.68. The zero-order chi connectivity index (χ0) is 14.1. The van der Waals surface area contributed by atoms with Gasteiger partial charge in [-0.15, -0.1) is 11.3 Å². The zero-order valence-corrected chi connectivity index (χ0v) is 12.1. The number of amides is 1. The van der Waals surface area contributed by atoms with Gasteiger partial charge in [-0.2, -0.15) is 0 Å². The molecule has 0 bridgehead atoms. The van der Waals surface area contributed by atoms with Crippen molar-refractivity contribution in [1.29, 1.82) is 0 Å². The highest BCUT2D eigenvalue weighted by atomic mass is 32.1. The van der Waals surface area contributed by atoms with Gasteiger partial charge in [0, 0.05) is 4.88 Å². The Kier molecular flexibility index (Phi) is 3.57. The maximum atomic E-state index is 13.8. The van der Waals surface area contributed by atoms with Crippen molar-refractivity contribution in [2.24, 2.45) is 0 Å². The summed E-state index contributed by atoms with van der Waals surface area (Å²) < 4.78 is 13.8. The molecular weight excluding hydrogens is 273 g/mol. The van der Waals surface area contributed by atoms with Crippen LogP contribution in [-0.2, 0) is 6.42 Å². The van der Waals surface area contributed by atoms with Crippen LogP contribution in [0.5, 0.6) is 0 Å². The van der Waals surface area contributed by atoms with Gasteiger partial charge in [-0.3, -0.25) is 4.79 Å². The van der Waals surface area contributed by atoms with E-state index in [9.17, 15) is 9.18 Å². The van der Waals surface area contributed by atoms with Crippen molar-refractivity contribution >= 4 is 17.2 Å². The smallest absolute Gasteiger partial charge is 0.254 e. The maximum absolute atomic E-state index is 13.8. The molecule has 0 fully saturated rings. The lowest BCUT2D eigenvalue weighted by atomic mass is 9.94. The number of carbonyl (C=O) groups is 1. The molecule has 0 saturated heterocycles. The molecule has 3 rings (SSSR count). The Morgan fingerprint density at radius 3 is 3.05 bits per heavy atom. The maximum Gasteiger partial charge on any atom is 0.254 e. The van der Waals surface area contributed by atoms with Crippen LogP contribution in [0.2, 0.25) is 0 Å². The molecule has 0 saturated carbocycles. The number of carbonyl (C=O) groups excluding carboxylic acids is 1. The molecule has 1 atom stereocenters. The summed E-state index contributed by atoms with van der Waals surface area (Å²) >= 11 is 1.73. The Bertz CT molecular complexity index is 650. The summed E-state index contributed by atoms with van der Waals surface area (Å²) in [6.07, 6.45) is 3.07. The summed E-state index contributed by atoms with van der Waals surface area (Å²) in [4.78, 5) is 13.6. The molecule has 104 valence electrons. The van der Waals surface area contributed by atoms with Gasteiger partial charge in [0.25, 0.3) is 5.91 Å². The Morgan fingerprint density at radius 1 is 1.40 bits per heavy atom. The van der Waals surface area contributed by atoms with Gasteiger partial charge in [0.2, 0.25) is 0 Å². The molecule has 2 nitrogen and oxygen atoms in total. The third-order valence-electron chi connectivity index (χ3n) is 3.73. The minimum Gasteiger partial charge on any atom is -0.345 e. The number of rotatable bonds is 2. The van der Waals surface area contributed by atoms with Crippen LogP contribution in [0.25, 0.3) is 0 Å². The number of nitrogens with one attached hydrogen (secondary N) is 1. The van der Waals surface area contributed by atoms with E-state index in [1.165, 1.54) is 16.5 Å². The lowest BCUT2D eigenvalue weighted by Gasteiger charge is -2.23. The molecule has 1 aromatic carbocycles. The number of benzene rings is 1. The van der Waals surface area contributed by atoms with E-state index in [2.05, 4.69) is 16.8 Å². The molecule has 1 aliphatic carbocycles. The first-order valence-electron chi connectivity index (χ1n) is 6.78. The molecule has 1 amide bonds. The second kappa shape index (κ2) is 5.37. The van der Waals surface area contributed by atoms with Gasteiger partial charge in [0.05, 0.1) is 11.6 Å². The molecule has 1 N–H and O–H groups in total. The Morgan fingerprint density at radius 2 is 2.25 bits per heavy atom. The van der Waals surface area contributed by atoms with E-state index in [-0.39, 0.29) is 17.5 Å². The fraction of sp³-hybridized carbons (Fsp3) is 0.312. The highest BCUT2D eigenvalue weighted by Gasteiger charge is 2.24. The molecule has 1 unspecified atom stereocenters. The SMILES string of the molecule is Cc1ccc(C(=O)NC2CCCc3sccc32)c(F)c1. The normalized spacial score (nSPS) is 17.6. The summed E-state index contributed by atoms with van der Waals surface area (Å²) in [5, 5.41) is 5.02. The van der Waals surface area contributed by atoms with Crippen LogP contribution < -0.4 is 5.32 Å².